The van der Waals surface area contributed by atoms with Gasteiger partial charge < -0.3 is 9.64 Å². The molecule has 0 bridgehead atoms. The third-order valence-corrected chi connectivity index (χ3v) is 3.82. The molecule has 0 aliphatic rings. The van der Waals surface area contributed by atoms with Crippen molar-refractivity contribution in [2.24, 2.45) is 7.05 Å². The zero-order valence-corrected chi connectivity index (χ0v) is 15.1. The van der Waals surface area contributed by atoms with E-state index in [1.54, 1.807) is 47.1 Å². The fourth-order valence-corrected chi connectivity index (χ4v) is 2.43. The fraction of sp³-hybridized carbons (Fsp3) is 0.421. The molecular formula is C19H25N3O3. The number of Topliss-reactive ketones (excluding diaryl/α,β-unsaturated/α-hetero) is 1. The Morgan fingerprint density at radius 1 is 1.20 bits per heavy atom. The average Bonchev–Trinajstić information content (AvgIpc) is 3.02. The van der Waals surface area contributed by atoms with Crippen molar-refractivity contribution in [2.75, 3.05) is 13.7 Å². The third-order valence-electron chi connectivity index (χ3n) is 3.82. The minimum absolute atomic E-state index is 0.0369. The molecule has 6 heteroatoms. The molecule has 1 heterocycles. The van der Waals surface area contributed by atoms with Gasteiger partial charge in [-0.2, -0.15) is 5.10 Å². The molecular weight excluding hydrogens is 318 g/mol. The van der Waals surface area contributed by atoms with Gasteiger partial charge in [-0.3, -0.25) is 14.3 Å². The summed E-state index contributed by atoms with van der Waals surface area (Å²) in [4.78, 5) is 26.0. The van der Waals surface area contributed by atoms with Crippen LogP contribution in [0.5, 0.6) is 5.75 Å². The number of aromatic nitrogens is 2. The summed E-state index contributed by atoms with van der Waals surface area (Å²) in [5.41, 5.74) is 1.57. The monoisotopic (exact) mass is 343 g/mol. The highest BCUT2D eigenvalue weighted by Crippen LogP contribution is 2.15. The number of aryl methyl sites for hydroxylation is 1. The Balaban J connectivity index is 1.81. The molecule has 1 amide bonds. The number of benzene rings is 1. The van der Waals surface area contributed by atoms with Crippen molar-refractivity contribution in [2.45, 2.75) is 32.7 Å². The SMILES string of the molecule is CCCOc1ccc(C(=O)CCC(=O)N(C)Cc2cnn(C)c2)cc1. The second-order valence-electron chi connectivity index (χ2n) is 6.07. The second-order valence-corrected chi connectivity index (χ2v) is 6.07. The Morgan fingerprint density at radius 2 is 1.92 bits per heavy atom. The van der Waals surface area contributed by atoms with Gasteiger partial charge in [-0.1, -0.05) is 6.92 Å². The summed E-state index contributed by atoms with van der Waals surface area (Å²) in [7, 11) is 3.57. The van der Waals surface area contributed by atoms with Crippen molar-refractivity contribution in [3.63, 3.8) is 0 Å². The Morgan fingerprint density at radius 3 is 2.52 bits per heavy atom. The molecule has 0 unspecified atom stereocenters. The Kier molecular flexibility index (Phi) is 6.74. The molecule has 0 atom stereocenters. The van der Waals surface area contributed by atoms with E-state index in [9.17, 15) is 9.59 Å². The smallest absolute Gasteiger partial charge is 0.223 e. The summed E-state index contributed by atoms with van der Waals surface area (Å²) < 4.78 is 7.20. The molecule has 1 aromatic heterocycles. The lowest BCUT2D eigenvalue weighted by Crippen LogP contribution is -2.26. The normalized spacial score (nSPS) is 10.5. The van der Waals surface area contributed by atoms with E-state index < -0.39 is 0 Å². The molecule has 0 aliphatic heterocycles. The van der Waals surface area contributed by atoms with Crippen LogP contribution in [0.25, 0.3) is 0 Å². The zero-order chi connectivity index (χ0) is 18.2. The maximum Gasteiger partial charge on any atom is 0.223 e. The molecule has 25 heavy (non-hydrogen) atoms. The number of rotatable bonds is 9. The highest BCUT2D eigenvalue weighted by Gasteiger charge is 2.14. The Hall–Kier alpha value is -2.63. The molecule has 134 valence electrons. The van der Waals surface area contributed by atoms with Crippen LogP contribution in [0.4, 0.5) is 0 Å². The zero-order valence-electron chi connectivity index (χ0n) is 15.1. The molecule has 0 spiro atoms. The van der Waals surface area contributed by atoms with E-state index in [0.717, 1.165) is 17.7 Å². The van der Waals surface area contributed by atoms with Crippen LogP contribution in [0.15, 0.2) is 36.7 Å². The van der Waals surface area contributed by atoms with Gasteiger partial charge in [-0.25, -0.2) is 0 Å². The van der Waals surface area contributed by atoms with E-state index in [1.165, 1.54) is 0 Å². The number of nitrogens with zero attached hydrogens (tertiary/aromatic N) is 3. The van der Waals surface area contributed by atoms with Crippen LogP contribution in [0.3, 0.4) is 0 Å². The van der Waals surface area contributed by atoms with Crippen molar-refractivity contribution in [3.05, 3.63) is 47.8 Å². The first-order valence-electron chi connectivity index (χ1n) is 8.47. The topological polar surface area (TPSA) is 64.4 Å². The third kappa shape index (κ3) is 5.74. The van der Waals surface area contributed by atoms with E-state index in [-0.39, 0.29) is 24.5 Å². The van der Waals surface area contributed by atoms with E-state index >= 15 is 0 Å². The van der Waals surface area contributed by atoms with Crippen LogP contribution < -0.4 is 4.74 Å². The summed E-state index contributed by atoms with van der Waals surface area (Å²) in [6.45, 7) is 3.19. The number of amides is 1. The summed E-state index contributed by atoms with van der Waals surface area (Å²) in [6, 6.07) is 7.08. The lowest BCUT2D eigenvalue weighted by atomic mass is 10.1. The van der Waals surface area contributed by atoms with Crippen molar-refractivity contribution >= 4 is 11.7 Å². The average molecular weight is 343 g/mol. The summed E-state index contributed by atoms with van der Waals surface area (Å²) in [5.74, 6) is 0.663. The molecule has 1 aromatic carbocycles. The number of ether oxygens (including phenoxy) is 1. The van der Waals surface area contributed by atoms with Crippen LogP contribution in [0, 0.1) is 0 Å². The summed E-state index contributed by atoms with van der Waals surface area (Å²) in [5, 5.41) is 4.08. The van der Waals surface area contributed by atoms with E-state index in [4.69, 9.17) is 4.74 Å². The predicted molar refractivity (Wildman–Crippen MR) is 95.5 cm³/mol. The van der Waals surface area contributed by atoms with E-state index in [0.29, 0.717) is 18.7 Å². The standard InChI is InChI=1S/C19H25N3O3/c1-4-11-25-17-7-5-16(6-8-17)18(23)9-10-19(24)21(2)13-15-12-20-22(3)14-15/h5-8,12,14H,4,9-11,13H2,1-3H3. The molecule has 0 saturated carbocycles. The number of carbonyl (C=O) groups excluding carboxylic acids is 2. The van der Waals surface area contributed by atoms with Gasteiger partial charge in [0, 0.05) is 50.8 Å². The first-order chi connectivity index (χ1) is 12.0. The van der Waals surface area contributed by atoms with Gasteiger partial charge in [0.1, 0.15) is 5.75 Å². The van der Waals surface area contributed by atoms with Gasteiger partial charge in [0.05, 0.1) is 12.8 Å². The van der Waals surface area contributed by atoms with Crippen molar-refractivity contribution in [3.8, 4) is 5.75 Å². The Bertz CT molecular complexity index is 707. The number of hydrogen-bond acceptors (Lipinski definition) is 4. The maximum absolute atomic E-state index is 12.2. The second kappa shape index (κ2) is 9.01. The lowest BCUT2D eigenvalue weighted by molar-refractivity contribution is -0.130. The number of hydrogen-bond donors (Lipinski definition) is 0. The molecule has 0 N–H and O–H groups in total. The van der Waals surface area contributed by atoms with Gasteiger partial charge in [-0.15, -0.1) is 0 Å². The minimum atomic E-state index is -0.0555. The molecule has 6 nitrogen and oxygen atoms in total. The van der Waals surface area contributed by atoms with Gasteiger partial charge in [0.15, 0.2) is 5.78 Å². The van der Waals surface area contributed by atoms with Crippen LogP contribution >= 0.6 is 0 Å². The van der Waals surface area contributed by atoms with Crippen molar-refractivity contribution in [1.29, 1.82) is 0 Å². The fourth-order valence-electron chi connectivity index (χ4n) is 2.43. The highest BCUT2D eigenvalue weighted by atomic mass is 16.5. The van der Waals surface area contributed by atoms with Gasteiger partial charge in [0.2, 0.25) is 5.91 Å². The Labute approximate surface area is 148 Å². The minimum Gasteiger partial charge on any atom is -0.494 e. The molecule has 0 fully saturated rings. The van der Waals surface area contributed by atoms with Crippen molar-refractivity contribution < 1.29 is 14.3 Å². The summed E-state index contributed by atoms with van der Waals surface area (Å²) in [6.07, 6.45) is 4.94. The van der Waals surface area contributed by atoms with Crippen LogP contribution in [-0.2, 0) is 18.4 Å². The van der Waals surface area contributed by atoms with Crippen molar-refractivity contribution in [1.82, 2.24) is 14.7 Å². The number of ketones is 1. The molecule has 2 rings (SSSR count). The highest BCUT2D eigenvalue weighted by molar-refractivity contribution is 5.98. The van der Waals surface area contributed by atoms with Gasteiger partial charge in [0.25, 0.3) is 0 Å². The largest absolute Gasteiger partial charge is 0.494 e. The predicted octanol–water partition coefficient (Wildman–Crippen LogP) is 2.83. The first-order valence-corrected chi connectivity index (χ1v) is 8.47. The lowest BCUT2D eigenvalue weighted by Gasteiger charge is -2.16. The molecule has 2 aromatic rings. The summed E-state index contributed by atoms with van der Waals surface area (Å²) >= 11 is 0. The first kappa shape index (κ1) is 18.7. The maximum atomic E-state index is 12.2. The van der Waals surface area contributed by atoms with E-state index in [1.807, 2.05) is 20.2 Å². The number of carbonyl (C=O) groups is 2. The molecule has 0 aliphatic carbocycles. The van der Waals surface area contributed by atoms with Crippen LogP contribution in [-0.4, -0.2) is 40.0 Å². The van der Waals surface area contributed by atoms with Crippen LogP contribution in [0.2, 0.25) is 0 Å². The molecule has 0 saturated heterocycles. The van der Waals surface area contributed by atoms with E-state index in [2.05, 4.69) is 5.10 Å². The van der Waals surface area contributed by atoms with Crippen LogP contribution in [0.1, 0.15) is 42.1 Å². The van der Waals surface area contributed by atoms with Gasteiger partial charge >= 0.3 is 0 Å². The van der Waals surface area contributed by atoms with Gasteiger partial charge in [-0.05, 0) is 30.7 Å². The molecule has 0 radical (unpaired) electrons. The quantitative estimate of drug-likeness (QED) is 0.657.